The maximum absolute atomic E-state index is 14.2. The second kappa shape index (κ2) is 12.1. The summed E-state index contributed by atoms with van der Waals surface area (Å²) in [5.41, 5.74) is 2.63. The molecule has 3 rings (SSSR count). The number of nitrogens with zero attached hydrogens (tertiary/aromatic N) is 1. The number of ether oxygens (including phenoxy) is 2. The molecule has 178 valence electrons. The summed E-state index contributed by atoms with van der Waals surface area (Å²) in [6, 6.07) is 18.2. The molecule has 0 aliphatic heterocycles. The topological polar surface area (TPSA) is 88.4 Å². The van der Waals surface area contributed by atoms with E-state index in [2.05, 4.69) is 32.6 Å². The first-order chi connectivity index (χ1) is 16.9. The molecule has 6 nitrogen and oxygen atoms in total. The summed E-state index contributed by atoms with van der Waals surface area (Å²) >= 11 is 2.14. The average Bonchev–Trinajstić information content (AvgIpc) is 2.85. The molecule has 3 aromatic carbocycles. The summed E-state index contributed by atoms with van der Waals surface area (Å²) in [6.45, 7) is 2.25. The fourth-order valence-electron chi connectivity index (χ4n) is 3.32. The van der Waals surface area contributed by atoms with E-state index in [1.807, 2.05) is 19.1 Å². The van der Waals surface area contributed by atoms with Crippen molar-refractivity contribution in [2.24, 2.45) is 0 Å². The lowest BCUT2D eigenvalue weighted by Gasteiger charge is -2.14. The van der Waals surface area contributed by atoms with Gasteiger partial charge in [0.15, 0.2) is 0 Å². The number of hydrogen-bond donors (Lipinski definition) is 1. The van der Waals surface area contributed by atoms with Gasteiger partial charge in [0.25, 0.3) is 5.91 Å². The van der Waals surface area contributed by atoms with E-state index in [0.717, 1.165) is 9.13 Å². The first kappa shape index (κ1) is 25.9. The van der Waals surface area contributed by atoms with Crippen LogP contribution < -0.4 is 10.1 Å². The van der Waals surface area contributed by atoms with E-state index in [-0.39, 0.29) is 11.4 Å². The molecule has 1 N–H and O–H groups in total. The smallest absolute Gasteiger partial charge is 0.337 e. The fraction of sp³-hybridized carbons (Fsp3) is 0.148. The minimum Gasteiger partial charge on any atom is -0.494 e. The highest BCUT2D eigenvalue weighted by molar-refractivity contribution is 14.1. The molecule has 0 atom stereocenters. The number of hydrogen-bond acceptors (Lipinski definition) is 5. The van der Waals surface area contributed by atoms with Gasteiger partial charge in [-0.25, -0.2) is 9.18 Å². The minimum absolute atomic E-state index is 0.109. The molecule has 0 heterocycles. The number of nitriles is 1. The molecule has 0 spiro atoms. The Morgan fingerprint density at radius 2 is 1.86 bits per heavy atom. The maximum atomic E-state index is 14.2. The van der Waals surface area contributed by atoms with Crippen LogP contribution in [0.1, 0.15) is 34.0 Å². The standard InChI is InChI=1S/C27H22FIN2O4/c1-3-35-25-14-17(13-24(29)22(25)15-19-6-4-5-7-23(19)28)12-20(16-30)26(32)31-21-10-8-18(9-11-21)27(33)34-2/h4-14H,3,15H2,1-2H3,(H,31,32)/b20-12+. The molecule has 0 unspecified atom stereocenters. The molecule has 1 amide bonds. The fourth-order valence-corrected chi connectivity index (χ4v) is 4.14. The van der Waals surface area contributed by atoms with Crippen LogP contribution in [-0.4, -0.2) is 25.6 Å². The minimum atomic E-state index is -0.596. The van der Waals surface area contributed by atoms with E-state index < -0.39 is 11.9 Å². The number of halogens is 2. The van der Waals surface area contributed by atoms with Gasteiger partial charge in [0.2, 0.25) is 0 Å². The predicted octanol–water partition coefficient (Wildman–Crippen LogP) is 5.75. The van der Waals surface area contributed by atoms with Gasteiger partial charge in [0.1, 0.15) is 23.2 Å². The Hall–Kier alpha value is -3.71. The number of nitrogens with one attached hydrogen (secondary N) is 1. The molecule has 0 radical (unpaired) electrons. The lowest BCUT2D eigenvalue weighted by atomic mass is 10.0. The van der Waals surface area contributed by atoms with E-state index in [1.165, 1.54) is 31.4 Å². The number of esters is 1. The molecular weight excluding hydrogens is 562 g/mol. The van der Waals surface area contributed by atoms with E-state index in [9.17, 15) is 19.2 Å². The maximum Gasteiger partial charge on any atom is 0.337 e. The zero-order chi connectivity index (χ0) is 25.4. The summed E-state index contributed by atoms with van der Waals surface area (Å²) in [6.07, 6.45) is 1.81. The van der Waals surface area contributed by atoms with Crippen molar-refractivity contribution in [3.8, 4) is 11.8 Å². The summed E-state index contributed by atoms with van der Waals surface area (Å²) in [5, 5.41) is 12.2. The van der Waals surface area contributed by atoms with Crippen LogP contribution in [0.25, 0.3) is 6.08 Å². The molecule has 8 heteroatoms. The molecule has 0 fully saturated rings. The van der Waals surface area contributed by atoms with Crippen LogP contribution >= 0.6 is 22.6 Å². The molecule has 0 bridgehead atoms. The Morgan fingerprint density at radius 3 is 2.49 bits per heavy atom. The van der Waals surface area contributed by atoms with Crippen molar-refractivity contribution in [1.29, 1.82) is 5.26 Å². The number of carbonyl (C=O) groups excluding carboxylic acids is 2. The van der Waals surface area contributed by atoms with Gasteiger partial charge >= 0.3 is 5.97 Å². The van der Waals surface area contributed by atoms with Crippen LogP contribution in [0.2, 0.25) is 0 Å². The Labute approximate surface area is 216 Å². The zero-order valence-electron chi connectivity index (χ0n) is 19.1. The molecule has 3 aromatic rings. The molecule has 0 saturated carbocycles. The second-order valence-corrected chi connectivity index (χ2v) is 8.54. The van der Waals surface area contributed by atoms with Gasteiger partial charge in [0, 0.05) is 21.2 Å². The molecule has 0 aliphatic carbocycles. The van der Waals surface area contributed by atoms with Gasteiger partial charge in [-0.15, -0.1) is 0 Å². The number of benzene rings is 3. The van der Waals surface area contributed by atoms with Crippen LogP contribution in [0.15, 0.2) is 66.2 Å². The Balaban J connectivity index is 1.87. The van der Waals surface area contributed by atoms with Crippen molar-refractivity contribution in [2.75, 3.05) is 19.0 Å². The quantitative estimate of drug-likeness (QED) is 0.158. The van der Waals surface area contributed by atoms with Gasteiger partial charge in [0.05, 0.1) is 19.3 Å². The highest BCUT2D eigenvalue weighted by atomic mass is 127. The van der Waals surface area contributed by atoms with Crippen LogP contribution in [0.3, 0.4) is 0 Å². The van der Waals surface area contributed by atoms with Crippen molar-refractivity contribution in [1.82, 2.24) is 0 Å². The molecule has 35 heavy (non-hydrogen) atoms. The van der Waals surface area contributed by atoms with Gasteiger partial charge in [-0.3, -0.25) is 4.79 Å². The normalized spacial score (nSPS) is 10.9. The van der Waals surface area contributed by atoms with E-state index in [4.69, 9.17) is 4.74 Å². The van der Waals surface area contributed by atoms with Crippen molar-refractivity contribution in [3.05, 3.63) is 97.9 Å². The van der Waals surface area contributed by atoms with Crippen molar-refractivity contribution in [2.45, 2.75) is 13.3 Å². The van der Waals surface area contributed by atoms with E-state index >= 15 is 0 Å². The molecule has 0 saturated heterocycles. The van der Waals surface area contributed by atoms with Crippen LogP contribution in [0.5, 0.6) is 5.75 Å². The largest absolute Gasteiger partial charge is 0.494 e. The summed E-state index contributed by atoms with van der Waals surface area (Å²) in [4.78, 5) is 24.3. The third kappa shape index (κ3) is 6.67. The number of rotatable bonds is 8. The second-order valence-electron chi connectivity index (χ2n) is 7.37. The Morgan fingerprint density at radius 1 is 1.14 bits per heavy atom. The van der Waals surface area contributed by atoms with Crippen molar-refractivity contribution in [3.63, 3.8) is 0 Å². The zero-order valence-corrected chi connectivity index (χ0v) is 21.3. The van der Waals surface area contributed by atoms with Crippen LogP contribution in [0.4, 0.5) is 10.1 Å². The van der Waals surface area contributed by atoms with Crippen LogP contribution in [0, 0.1) is 20.7 Å². The van der Waals surface area contributed by atoms with E-state index in [0.29, 0.717) is 41.2 Å². The molecular formula is C27H22FIN2O4. The lowest BCUT2D eigenvalue weighted by molar-refractivity contribution is -0.112. The van der Waals surface area contributed by atoms with Crippen LogP contribution in [-0.2, 0) is 16.0 Å². The SMILES string of the molecule is CCOc1cc(/C=C(\C#N)C(=O)Nc2ccc(C(=O)OC)cc2)cc(I)c1Cc1ccccc1F. The highest BCUT2D eigenvalue weighted by Crippen LogP contribution is 2.30. The Bertz CT molecular complexity index is 1310. The number of anilines is 1. The summed E-state index contributed by atoms with van der Waals surface area (Å²) in [5.74, 6) is -0.817. The number of carbonyl (C=O) groups is 2. The average molecular weight is 584 g/mol. The number of methoxy groups -OCH3 is 1. The molecule has 0 aromatic heterocycles. The Kier molecular flexibility index (Phi) is 8.98. The predicted molar refractivity (Wildman–Crippen MR) is 140 cm³/mol. The van der Waals surface area contributed by atoms with Gasteiger partial charge in [-0.2, -0.15) is 5.26 Å². The van der Waals surface area contributed by atoms with Gasteiger partial charge in [-0.1, -0.05) is 18.2 Å². The lowest BCUT2D eigenvalue weighted by Crippen LogP contribution is -2.13. The third-order valence-corrected chi connectivity index (χ3v) is 6.00. The van der Waals surface area contributed by atoms with Crippen molar-refractivity contribution >= 4 is 46.2 Å². The first-order valence-electron chi connectivity index (χ1n) is 10.7. The highest BCUT2D eigenvalue weighted by Gasteiger charge is 2.15. The van der Waals surface area contributed by atoms with Gasteiger partial charge in [-0.05, 0) is 89.2 Å². The van der Waals surface area contributed by atoms with Gasteiger partial charge < -0.3 is 14.8 Å². The van der Waals surface area contributed by atoms with E-state index in [1.54, 1.807) is 36.4 Å². The first-order valence-corrected chi connectivity index (χ1v) is 11.7. The summed E-state index contributed by atoms with van der Waals surface area (Å²) < 4.78 is 25.5. The summed E-state index contributed by atoms with van der Waals surface area (Å²) in [7, 11) is 1.28. The number of amides is 1. The third-order valence-electron chi connectivity index (χ3n) is 5.04. The van der Waals surface area contributed by atoms with Crippen molar-refractivity contribution < 1.29 is 23.5 Å². The molecule has 0 aliphatic rings. The monoisotopic (exact) mass is 584 g/mol.